The van der Waals surface area contributed by atoms with Gasteiger partial charge in [-0.25, -0.2) is 13.6 Å². The highest BCUT2D eigenvalue weighted by Gasteiger charge is 2.21. The molecule has 0 fully saturated rings. The Kier molecular flexibility index (Phi) is 6.24. The first-order valence-corrected chi connectivity index (χ1v) is 11.0. The monoisotopic (exact) mass is 416 g/mol. The SMILES string of the molecule is CCOc1cc2c(cc1/C=C/C(=O)Nc1cccc(CS(N)(=O)=O)c1)OC(C)C2. The molecule has 7 nitrogen and oxygen atoms in total. The van der Waals surface area contributed by atoms with Crippen LogP contribution < -0.4 is 19.9 Å². The predicted molar refractivity (Wildman–Crippen MR) is 112 cm³/mol. The first-order chi connectivity index (χ1) is 13.7. The van der Waals surface area contributed by atoms with Crippen LogP contribution in [0.4, 0.5) is 5.69 Å². The van der Waals surface area contributed by atoms with Crippen LogP contribution in [0.1, 0.15) is 30.5 Å². The molecular weight excluding hydrogens is 392 g/mol. The van der Waals surface area contributed by atoms with Gasteiger partial charge in [0, 0.05) is 29.3 Å². The number of fused-ring (bicyclic) bond motifs is 1. The summed E-state index contributed by atoms with van der Waals surface area (Å²) in [7, 11) is -3.64. The highest BCUT2D eigenvalue weighted by Crippen LogP contribution is 2.35. The van der Waals surface area contributed by atoms with Gasteiger partial charge in [-0.05, 0) is 49.8 Å². The van der Waals surface area contributed by atoms with Gasteiger partial charge in [0.05, 0.1) is 12.4 Å². The summed E-state index contributed by atoms with van der Waals surface area (Å²) in [5, 5.41) is 7.78. The number of sulfonamides is 1. The fraction of sp³-hybridized carbons (Fsp3) is 0.286. The van der Waals surface area contributed by atoms with Gasteiger partial charge in [0.2, 0.25) is 15.9 Å². The van der Waals surface area contributed by atoms with E-state index in [1.54, 1.807) is 30.3 Å². The van der Waals surface area contributed by atoms with Gasteiger partial charge in [-0.1, -0.05) is 12.1 Å². The van der Waals surface area contributed by atoms with E-state index in [1.165, 1.54) is 6.08 Å². The zero-order valence-corrected chi connectivity index (χ0v) is 17.2. The Morgan fingerprint density at radius 3 is 2.86 bits per heavy atom. The molecule has 0 bridgehead atoms. The maximum Gasteiger partial charge on any atom is 0.248 e. The molecule has 3 N–H and O–H groups in total. The highest BCUT2D eigenvalue weighted by atomic mass is 32.2. The summed E-state index contributed by atoms with van der Waals surface area (Å²) < 4.78 is 34.0. The third kappa shape index (κ3) is 5.82. The number of benzene rings is 2. The number of hydrogen-bond donors (Lipinski definition) is 2. The standard InChI is InChI=1S/C21H24N2O5S/c1-3-27-19-12-17-9-14(2)28-20(17)11-16(19)7-8-21(24)23-18-6-4-5-15(10-18)13-29(22,25)26/h4-8,10-12,14H,3,9,13H2,1-2H3,(H,23,24)(H2,22,25,26)/b8-7+. The average molecular weight is 416 g/mol. The van der Waals surface area contributed by atoms with Crippen molar-refractivity contribution in [3.8, 4) is 11.5 Å². The molecule has 2 aromatic carbocycles. The second-order valence-corrected chi connectivity index (χ2v) is 8.51. The second kappa shape index (κ2) is 8.67. The van der Waals surface area contributed by atoms with Gasteiger partial charge in [-0.15, -0.1) is 0 Å². The summed E-state index contributed by atoms with van der Waals surface area (Å²) in [6, 6.07) is 10.4. The summed E-state index contributed by atoms with van der Waals surface area (Å²) in [5.74, 6) is 0.854. The molecule has 0 saturated carbocycles. The van der Waals surface area contributed by atoms with Crippen molar-refractivity contribution in [3.63, 3.8) is 0 Å². The van der Waals surface area contributed by atoms with Crippen molar-refractivity contribution < 1.29 is 22.7 Å². The van der Waals surface area contributed by atoms with Gasteiger partial charge in [0.1, 0.15) is 17.6 Å². The number of nitrogens with two attached hydrogens (primary N) is 1. The molecule has 1 amide bonds. The largest absolute Gasteiger partial charge is 0.493 e. The van der Waals surface area contributed by atoms with Gasteiger partial charge in [-0.3, -0.25) is 4.79 Å². The maximum atomic E-state index is 12.3. The van der Waals surface area contributed by atoms with Gasteiger partial charge >= 0.3 is 0 Å². The number of rotatable bonds is 7. The Hall–Kier alpha value is -2.84. The molecule has 2 aromatic rings. The van der Waals surface area contributed by atoms with E-state index < -0.39 is 10.0 Å². The zero-order chi connectivity index (χ0) is 21.0. The molecule has 1 aliphatic heterocycles. The van der Waals surface area contributed by atoms with Crippen LogP contribution in [-0.2, 0) is 27.0 Å². The lowest BCUT2D eigenvalue weighted by atomic mass is 10.1. The Labute approximate surface area is 170 Å². The number of primary sulfonamides is 1. The van der Waals surface area contributed by atoms with E-state index in [9.17, 15) is 13.2 Å². The topological polar surface area (TPSA) is 108 Å². The molecule has 1 heterocycles. The molecule has 0 aliphatic carbocycles. The Bertz CT molecular complexity index is 1050. The van der Waals surface area contributed by atoms with Crippen LogP contribution >= 0.6 is 0 Å². The van der Waals surface area contributed by atoms with E-state index in [2.05, 4.69) is 5.32 Å². The maximum absolute atomic E-state index is 12.3. The number of nitrogens with one attached hydrogen (secondary N) is 1. The minimum Gasteiger partial charge on any atom is -0.493 e. The molecule has 0 saturated heterocycles. The highest BCUT2D eigenvalue weighted by molar-refractivity contribution is 7.88. The van der Waals surface area contributed by atoms with E-state index >= 15 is 0 Å². The molecule has 29 heavy (non-hydrogen) atoms. The summed E-state index contributed by atoms with van der Waals surface area (Å²) >= 11 is 0. The van der Waals surface area contributed by atoms with Crippen molar-refractivity contribution in [3.05, 3.63) is 59.2 Å². The van der Waals surface area contributed by atoms with E-state index in [0.29, 0.717) is 23.6 Å². The summed E-state index contributed by atoms with van der Waals surface area (Å²) in [6.45, 7) is 4.42. The summed E-state index contributed by atoms with van der Waals surface area (Å²) in [6.07, 6.45) is 4.01. The van der Waals surface area contributed by atoms with Gasteiger partial charge in [0.15, 0.2) is 0 Å². The number of ether oxygens (including phenoxy) is 2. The van der Waals surface area contributed by atoms with Crippen molar-refractivity contribution in [2.45, 2.75) is 32.1 Å². The van der Waals surface area contributed by atoms with Crippen LogP contribution in [0.5, 0.6) is 11.5 Å². The van der Waals surface area contributed by atoms with E-state index in [0.717, 1.165) is 23.3 Å². The van der Waals surface area contributed by atoms with Crippen LogP contribution in [0.25, 0.3) is 6.08 Å². The minimum atomic E-state index is -3.64. The fourth-order valence-electron chi connectivity index (χ4n) is 3.19. The third-order valence-corrected chi connectivity index (χ3v) is 5.04. The lowest BCUT2D eigenvalue weighted by Gasteiger charge is -2.10. The molecular formula is C21H24N2O5S. The summed E-state index contributed by atoms with van der Waals surface area (Å²) in [5.41, 5.74) is 2.82. The van der Waals surface area contributed by atoms with Gasteiger partial charge in [-0.2, -0.15) is 0 Å². The van der Waals surface area contributed by atoms with Crippen molar-refractivity contribution in [2.75, 3.05) is 11.9 Å². The molecule has 3 rings (SSSR count). The van der Waals surface area contributed by atoms with Crippen LogP contribution in [0, 0.1) is 0 Å². The Balaban J connectivity index is 1.74. The van der Waals surface area contributed by atoms with E-state index in [4.69, 9.17) is 14.6 Å². The number of carbonyl (C=O) groups is 1. The number of amides is 1. The fourth-order valence-corrected chi connectivity index (χ4v) is 3.83. The van der Waals surface area contributed by atoms with Crippen molar-refractivity contribution in [1.82, 2.24) is 0 Å². The zero-order valence-electron chi connectivity index (χ0n) is 16.3. The van der Waals surface area contributed by atoms with Crippen molar-refractivity contribution >= 4 is 27.7 Å². The second-order valence-electron chi connectivity index (χ2n) is 6.89. The number of anilines is 1. The summed E-state index contributed by atoms with van der Waals surface area (Å²) in [4.78, 5) is 12.3. The Morgan fingerprint density at radius 2 is 2.14 bits per heavy atom. The van der Waals surface area contributed by atoms with Crippen molar-refractivity contribution in [2.24, 2.45) is 5.14 Å². The van der Waals surface area contributed by atoms with Crippen LogP contribution in [0.2, 0.25) is 0 Å². The van der Waals surface area contributed by atoms with Gasteiger partial charge < -0.3 is 14.8 Å². The first-order valence-electron chi connectivity index (χ1n) is 9.28. The molecule has 0 spiro atoms. The predicted octanol–water partition coefficient (Wildman–Crippen LogP) is 2.85. The number of hydrogen-bond acceptors (Lipinski definition) is 5. The lowest BCUT2D eigenvalue weighted by molar-refractivity contribution is -0.111. The van der Waals surface area contributed by atoms with E-state index in [-0.39, 0.29) is 17.8 Å². The van der Waals surface area contributed by atoms with Gasteiger partial charge in [0.25, 0.3) is 0 Å². The third-order valence-electron chi connectivity index (χ3n) is 4.30. The Morgan fingerprint density at radius 1 is 1.34 bits per heavy atom. The normalized spacial score (nSPS) is 15.8. The molecule has 154 valence electrons. The molecule has 1 aliphatic rings. The van der Waals surface area contributed by atoms with Crippen LogP contribution in [-0.4, -0.2) is 27.0 Å². The lowest BCUT2D eigenvalue weighted by Crippen LogP contribution is -2.15. The van der Waals surface area contributed by atoms with Crippen molar-refractivity contribution in [1.29, 1.82) is 0 Å². The first kappa shape index (κ1) is 20.9. The van der Waals surface area contributed by atoms with E-state index in [1.807, 2.05) is 26.0 Å². The minimum absolute atomic E-state index is 0.117. The smallest absolute Gasteiger partial charge is 0.248 e. The quantitative estimate of drug-likeness (QED) is 0.675. The van der Waals surface area contributed by atoms with Crippen LogP contribution in [0.15, 0.2) is 42.5 Å². The molecule has 1 unspecified atom stereocenters. The average Bonchev–Trinajstić information content (AvgIpc) is 2.97. The molecule has 8 heteroatoms. The number of carbonyl (C=O) groups excluding carboxylic acids is 1. The molecule has 0 aromatic heterocycles. The molecule has 1 atom stereocenters. The molecule has 0 radical (unpaired) electrons. The van der Waals surface area contributed by atoms with Crippen LogP contribution in [0.3, 0.4) is 0 Å².